The maximum absolute atomic E-state index is 6.66. The largest absolute Gasteiger partial charge is 0.455 e. The van der Waals surface area contributed by atoms with Crippen LogP contribution in [0.2, 0.25) is 0 Å². The summed E-state index contributed by atoms with van der Waals surface area (Å²) >= 11 is 0. The summed E-state index contributed by atoms with van der Waals surface area (Å²) in [7, 11) is 0. The second kappa shape index (κ2) is 12.4. The van der Waals surface area contributed by atoms with Crippen LogP contribution in [0.4, 0.5) is 0 Å². The summed E-state index contributed by atoms with van der Waals surface area (Å²) in [6, 6.07) is 56.6. The van der Waals surface area contributed by atoms with E-state index in [9.17, 15) is 0 Å². The molecule has 0 amide bonds. The predicted molar refractivity (Wildman–Crippen MR) is 225 cm³/mol. The molecule has 0 saturated heterocycles. The molecule has 0 N–H and O–H groups in total. The minimum atomic E-state index is 0.729. The van der Waals surface area contributed by atoms with E-state index in [1.54, 1.807) is 6.08 Å². The lowest BCUT2D eigenvalue weighted by Crippen LogP contribution is -1.93. The first-order valence-electron chi connectivity index (χ1n) is 18.1. The number of fused-ring (bicyclic) bond motifs is 7. The molecule has 10 rings (SSSR count). The number of rotatable bonds is 6. The topological polar surface area (TPSA) is 26.3 Å². The van der Waals surface area contributed by atoms with Crippen molar-refractivity contribution in [1.82, 2.24) is 0 Å². The average molecular weight is 679 g/mol. The highest BCUT2D eigenvalue weighted by Gasteiger charge is 2.23. The highest BCUT2D eigenvalue weighted by Crippen LogP contribution is 2.48. The van der Waals surface area contributed by atoms with E-state index in [1.165, 1.54) is 49.4 Å². The van der Waals surface area contributed by atoms with E-state index in [0.717, 1.165) is 60.9 Å². The molecule has 2 nitrogen and oxygen atoms in total. The normalized spacial score (nSPS) is 11.9. The van der Waals surface area contributed by atoms with Gasteiger partial charge < -0.3 is 8.83 Å². The van der Waals surface area contributed by atoms with Gasteiger partial charge in [0.1, 0.15) is 22.5 Å². The van der Waals surface area contributed by atoms with Gasteiger partial charge in [0.25, 0.3) is 0 Å². The molecule has 0 spiro atoms. The van der Waals surface area contributed by atoms with Crippen LogP contribution in [-0.4, -0.2) is 0 Å². The monoisotopic (exact) mass is 678 g/mol. The molecule has 0 aliphatic heterocycles. The number of benzene rings is 8. The fraction of sp³-hybridized carbons (Fsp3) is 0.0196. The van der Waals surface area contributed by atoms with E-state index in [1.807, 2.05) is 25.1 Å². The molecule has 0 aliphatic rings. The lowest BCUT2D eigenvalue weighted by Gasteiger charge is -2.20. The first-order valence-corrected chi connectivity index (χ1v) is 18.1. The van der Waals surface area contributed by atoms with Crippen LogP contribution in [0.1, 0.15) is 18.2 Å². The molecule has 2 aromatic heterocycles. The Morgan fingerprint density at radius 1 is 0.453 bits per heavy atom. The molecule has 0 bridgehead atoms. The van der Waals surface area contributed by atoms with E-state index in [2.05, 4.69) is 158 Å². The Morgan fingerprint density at radius 2 is 1.04 bits per heavy atom. The minimum absolute atomic E-state index is 0.729. The maximum atomic E-state index is 6.66. The quantitative estimate of drug-likeness (QED) is 0.164. The van der Waals surface area contributed by atoms with Gasteiger partial charge in [-0.15, -0.1) is 0 Å². The Balaban J connectivity index is 1.26. The van der Waals surface area contributed by atoms with E-state index in [0.29, 0.717) is 0 Å². The van der Waals surface area contributed by atoms with Gasteiger partial charge in [0.2, 0.25) is 0 Å². The molecule has 0 radical (unpaired) electrons. The van der Waals surface area contributed by atoms with Gasteiger partial charge in [-0.05, 0) is 91.7 Å². The van der Waals surface area contributed by atoms with Crippen molar-refractivity contribution < 1.29 is 8.83 Å². The van der Waals surface area contributed by atoms with Crippen molar-refractivity contribution in [3.8, 4) is 44.5 Å². The third kappa shape index (κ3) is 4.80. The Labute approximate surface area is 307 Å². The van der Waals surface area contributed by atoms with Gasteiger partial charge in [-0.3, -0.25) is 0 Å². The zero-order valence-electron chi connectivity index (χ0n) is 29.3. The summed E-state index contributed by atoms with van der Waals surface area (Å²) in [4.78, 5) is 0. The average Bonchev–Trinajstić information content (AvgIpc) is 3.78. The SMILES string of the molecule is C=Cc1oc2c(-c3cccc(-c4c5ccccc5c(-c5ccccc5-c5ccccc5)c5ccccc45)c3)cc3c4ccccc4oc3c2c1/C=C\C. The van der Waals surface area contributed by atoms with Crippen molar-refractivity contribution in [2.24, 2.45) is 0 Å². The van der Waals surface area contributed by atoms with Crippen molar-refractivity contribution in [2.75, 3.05) is 0 Å². The summed E-state index contributed by atoms with van der Waals surface area (Å²) < 4.78 is 13.2. The Hall–Kier alpha value is -6.90. The number of hydrogen-bond acceptors (Lipinski definition) is 2. The van der Waals surface area contributed by atoms with Gasteiger partial charge in [-0.25, -0.2) is 0 Å². The third-order valence-corrected chi connectivity index (χ3v) is 10.6. The summed E-state index contributed by atoms with van der Waals surface area (Å²) in [5.41, 5.74) is 12.8. The lowest BCUT2D eigenvalue weighted by molar-refractivity contribution is 0.604. The Kier molecular flexibility index (Phi) is 7.23. The fourth-order valence-electron chi connectivity index (χ4n) is 8.32. The van der Waals surface area contributed by atoms with Crippen LogP contribution in [0.15, 0.2) is 179 Å². The summed E-state index contributed by atoms with van der Waals surface area (Å²) in [5, 5.41) is 7.98. The molecule has 0 aliphatic carbocycles. The zero-order valence-corrected chi connectivity index (χ0v) is 29.3. The van der Waals surface area contributed by atoms with Gasteiger partial charge in [-0.1, -0.05) is 158 Å². The molecule has 250 valence electrons. The first-order chi connectivity index (χ1) is 26.2. The molecule has 0 atom stereocenters. The number of para-hydroxylation sites is 1. The number of furan rings is 2. The summed E-state index contributed by atoms with van der Waals surface area (Å²) in [6.07, 6.45) is 5.92. The van der Waals surface area contributed by atoms with E-state index >= 15 is 0 Å². The zero-order chi connectivity index (χ0) is 35.5. The fourth-order valence-corrected chi connectivity index (χ4v) is 8.32. The van der Waals surface area contributed by atoms with Crippen LogP contribution in [0, 0.1) is 0 Å². The van der Waals surface area contributed by atoms with E-state index in [-0.39, 0.29) is 0 Å². The standard InChI is InChI=1S/C51H34O2/c1-3-17-42-45(4-2)52-50-43(31-44-36-23-14-15-29-46(36)53-51(44)49(42)50)33-20-16-21-34(30-33)47-38-25-10-12-27-40(38)48(41-28-13-11-26-39(41)47)37-24-9-8-22-35(37)32-18-6-5-7-19-32/h3-31H,2H2,1H3/b17-3-. The highest BCUT2D eigenvalue weighted by atomic mass is 16.3. The maximum Gasteiger partial charge on any atom is 0.147 e. The molecule has 2 heteroatoms. The molecule has 53 heavy (non-hydrogen) atoms. The number of hydrogen-bond donors (Lipinski definition) is 0. The van der Waals surface area contributed by atoms with Crippen molar-refractivity contribution in [1.29, 1.82) is 0 Å². The van der Waals surface area contributed by atoms with Crippen LogP contribution in [0.25, 0.3) is 111 Å². The second-order valence-corrected chi connectivity index (χ2v) is 13.5. The molecule has 10 aromatic rings. The molecule has 2 heterocycles. The Morgan fingerprint density at radius 3 is 1.74 bits per heavy atom. The molecule has 0 saturated carbocycles. The van der Waals surface area contributed by atoms with E-state index in [4.69, 9.17) is 8.83 Å². The molecular formula is C51H34O2. The van der Waals surface area contributed by atoms with Gasteiger partial charge in [0.15, 0.2) is 0 Å². The predicted octanol–water partition coefficient (Wildman–Crippen LogP) is 15.0. The Bertz CT molecular complexity index is 3020. The number of allylic oxidation sites excluding steroid dienone is 1. The molecule has 0 unspecified atom stereocenters. The van der Waals surface area contributed by atoms with E-state index < -0.39 is 0 Å². The highest BCUT2D eigenvalue weighted by molar-refractivity contribution is 6.23. The van der Waals surface area contributed by atoms with Crippen LogP contribution in [0.5, 0.6) is 0 Å². The van der Waals surface area contributed by atoms with Gasteiger partial charge in [-0.2, -0.15) is 0 Å². The van der Waals surface area contributed by atoms with Gasteiger partial charge >= 0.3 is 0 Å². The molecule has 0 fully saturated rings. The van der Waals surface area contributed by atoms with Crippen LogP contribution < -0.4 is 0 Å². The molecule has 8 aromatic carbocycles. The van der Waals surface area contributed by atoms with Crippen LogP contribution in [-0.2, 0) is 0 Å². The van der Waals surface area contributed by atoms with Crippen molar-refractivity contribution in [3.63, 3.8) is 0 Å². The van der Waals surface area contributed by atoms with Gasteiger partial charge in [0, 0.05) is 21.9 Å². The summed E-state index contributed by atoms with van der Waals surface area (Å²) in [5.74, 6) is 0.729. The molecular weight excluding hydrogens is 645 g/mol. The van der Waals surface area contributed by atoms with Crippen molar-refractivity contribution in [3.05, 3.63) is 182 Å². The van der Waals surface area contributed by atoms with Crippen molar-refractivity contribution >= 4 is 66.6 Å². The van der Waals surface area contributed by atoms with Crippen LogP contribution in [0.3, 0.4) is 0 Å². The first kappa shape index (κ1) is 30.9. The summed E-state index contributed by atoms with van der Waals surface area (Å²) in [6.45, 7) is 6.12. The third-order valence-electron chi connectivity index (χ3n) is 10.6. The minimum Gasteiger partial charge on any atom is -0.455 e. The lowest BCUT2D eigenvalue weighted by atomic mass is 9.83. The second-order valence-electron chi connectivity index (χ2n) is 13.5. The van der Waals surface area contributed by atoms with Crippen LogP contribution >= 0.6 is 0 Å². The smallest absolute Gasteiger partial charge is 0.147 e. The van der Waals surface area contributed by atoms with Gasteiger partial charge in [0.05, 0.1) is 5.39 Å². The van der Waals surface area contributed by atoms with Crippen molar-refractivity contribution in [2.45, 2.75) is 6.92 Å².